The van der Waals surface area contributed by atoms with E-state index in [0.717, 1.165) is 27.2 Å². The molecule has 1 atom stereocenters. The van der Waals surface area contributed by atoms with Gasteiger partial charge in [-0.3, -0.25) is 0 Å². The van der Waals surface area contributed by atoms with Crippen molar-refractivity contribution in [1.29, 1.82) is 0 Å². The smallest absolute Gasteiger partial charge is 0.136 e. The summed E-state index contributed by atoms with van der Waals surface area (Å²) in [4.78, 5) is 0. The van der Waals surface area contributed by atoms with E-state index in [4.69, 9.17) is 16.3 Å². The molecule has 4 heteroatoms. The summed E-state index contributed by atoms with van der Waals surface area (Å²) in [6, 6.07) is 4.21. The molecule has 2 nitrogen and oxygen atoms in total. The van der Waals surface area contributed by atoms with Gasteiger partial charge < -0.3 is 10.1 Å². The molecule has 0 saturated heterocycles. The molecule has 1 aromatic carbocycles. The lowest BCUT2D eigenvalue weighted by molar-refractivity contribution is 0.244. The summed E-state index contributed by atoms with van der Waals surface area (Å²) < 4.78 is 6.58. The molecule has 0 spiro atoms. The van der Waals surface area contributed by atoms with Crippen molar-refractivity contribution in [2.24, 2.45) is 0 Å². The fourth-order valence-electron chi connectivity index (χ4n) is 1.62. The van der Waals surface area contributed by atoms with Crippen molar-refractivity contribution in [3.8, 4) is 5.75 Å². The summed E-state index contributed by atoms with van der Waals surface area (Å²) in [6.07, 6.45) is 0.963. The Morgan fingerprint density at radius 1 is 1.57 bits per heavy atom. The summed E-state index contributed by atoms with van der Waals surface area (Å²) in [6.45, 7) is 0.712. The molecule has 0 bridgehead atoms. The van der Waals surface area contributed by atoms with Gasteiger partial charge in [-0.2, -0.15) is 0 Å². The van der Waals surface area contributed by atoms with Gasteiger partial charge in [-0.1, -0.05) is 11.6 Å². The molecule has 1 aliphatic heterocycles. The molecular weight excluding hydrogens is 265 g/mol. The van der Waals surface area contributed by atoms with Crippen molar-refractivity contribution in [3.63, 3.8) is 0 Å². The van der Waals surface area contributed by atoms with E-state index in [1.165, 1.54) is 0 Å². The average molecular weight is 277 g/mol. The van der Waals surface area contributed by atoms with Gasteiger partial charge in [-0.05, 0) is 47.1 Å². The minimum atomic E-state index is 0.382. The highest BCUT2D eigenvalue weighted by molar-refractivity contribution is 9.10. The monoisotopic (exact) mass is 275 g/mol. The Morgan fingerprint density at radius 3 is 3.07 bits per heavy atom. The molecule has 14 heavy (non-hydrogen) atoms. The molecule has 0 saturated carbocycles. The van der Waals surface area contributed by atoms with Gasteiger partial charge in [0.2, 0.25) is 0 Å². The third-order valence-corrected chi connectivity index (χ3v) is 3.20. The largest absolute Gasteiger partial charge is 0.490 e. The van der Waals surface area contributed by atoms with Gasteiger partial charge in [0.25, 0.3) is 0 Å². The molecule has 2 rings (SSSR count). The number of rotatable bonds is 1. The predicted molar refractivity (Wildman–Crippen MR) is 61.2 cm³/mol. The molecule has 76 valence electrons. The maximum Gasteiger partial charge on any atom is 0.136 e. The van der Waals surface area contributed by atoms with Crippen molar-refractivity contribution in [2.75, 3.05) is 13.7 Å². The van der Waals surface area contributed by atoms with E-state index in [1.54, 1.807) is 0 Å². The highest BCUT2D eigenvalue weighted by Crippen LogP contribution is 2.35. The van der Waals surface area contributed by atoms with E-state index in [9.17, 15) is 0 Å². The summed E-state index contributed by atoms with van der Waals surface area (Å²) in [5.74, 6) is 0.931. The zero-order chi connectivity index (χ0) is 10.1. The van der Waals surface area contributed by atoms with Gasteiger partial charge >= 0.3 is 0 Å². The topological polar surface area (TPSA) is 21.3 Å². The van der Waals surface area contributed by atoms with Crippen LogP contribution in [-0.2, 0) is 6.42 Å². The highest BCUT2D eigenvalue weighted by atomic mass is 79.9. The van der Waals surface area contributed by atoms with E-state index in [-0.39, 0.29) is 0 Å². The highest BCUT2D eigenvalue weighted by Gasteiger charge is 2.20. The Labute approximate surface area is 96.7 Å². The van der Waals surface area contributed by atoms with Gasteiger partial charge in [-0.25, -0.2) is 0 Å². The lowest BCUT2D eigenvalue weighted by Crippen LogP contribution is -2.36. The van der Waals surface area contributed by atoms with E-state index in [0.29, 0.717) is 12.6 Å². The van der Waals surface area contributed by atoms with Gasteiger partial charge in [0.05, 0.1) is 4.47 Å². The third-order valence-electron chi connectivity index (χ3n) is 2.39. The van der Waals surface area contributed by atoms with E-state index in [2.05, 4.69) is 21.2 Å². The number of halogens is 2. The first-order chi connectivity index (χ1) is 6.70. The lowest BCUT2D eigenvalue weighted by Gasteiger charge is -2.25. The molecule has 0 aliphatic carbocycles. The minimum absolute atomic E-state index is 0.382. The van der Waals surface area contributed by atoms with E-state index >= 15 is 0 Å². The molecule has 1 aliphatic rings. The number of hydrogen-bond donors (Lipinski definition) is 1. The zero-order valence-electron chi connectivity index (χ0n) is 7.81. The van der Waals surface area contributed by atoms with Crippen LogP contribution in [0.4, 0.5) is 0 Å². The molecular formula is C10H11BrClNO. The normalized spacial score (nSPS) is 20.1. The van der Waals surface area contributed by atoms with Crippen LogP contribution in [0.2, 0.25) is 5.02 Å². The number of benzene rings is 1. The van der Waals surface area contributed by atoms with Gasteiger partial charge in [0.15, 0.2) is 0 Å². The minimum Gasteiger partial charge on any atom is -0.490 e. The third kappa shape index (κ3) is 1.90. The summed E-state index contributed by atoms with van der Waals surface area (Å²) >= 11 is 9.41. The number of hydrogen-bond acceptors (Lipinski definition) is 2. The first-order valence-corrected chi connectivity index (χ1v) is 5.66. The molecule has 1 N–H and O–H groups in total. The van der Waals surface area contributed by atoms with Crippen LogP contribution in [0.3, 0.4) is 0 Å². The predicted octanol–water partition coefficient (Wildman–Crippen LogP) is 2.63. The first kappa shape index (κ1) is 10.3. The Bertz CT molecular complexity index is 356. The van der Waals surface area contributed by atoms with E-state index in [1.807, 2.05) is 19.2 Å². The standard InChI is InChI=1S/C10H11BrClNO/c1-13-8-3-6-2-7(12)4-9(11)10(6)14-5-8/h2,4,8,13H,3,5H2,1H3/t8-/m0/s1. The Morgan fingerprint density at radius 2 is 2.36 bits per heavy atom. The van der Waals surface area contributed by atoms with Crippen LogP contribution in [0.5, 0.6) is 5.75 Å². The van der Waals surface area contributed by atoms with Crippen LogP contribution in [0, 0.1) is 0 Å². The SMILES string of the molecule is CN[C@@H]1COc2c(Br)cc(Cl)cc2C1. The molecule has 0 unspecified atom stereocenters. The van der Waals surface area contributed by atoms with Crippen molar-refractivity contribution in [3.05, 3.63) is 27.2 Å². The molecule has 0 fully saturated rings. The Balaban J connectivity index is 2.37. The molecule has 0 amide bonds. The van der Waals surface area contributed by atoms with Crippen molar-refractivity contribution >= 4 is 27.5 Å². The first-order valence-electron chi connectivity index (χ1n) is 4.48. The van der Waals surface area contributed by atoms with Crippen LogP contribution >= 0.6 is 27.5 Å². The fraction of sp³-hybridized carbons (Fsp3) is 0.400. The summed E-state index contributed by atoms with van der Waals surface area (Å²) in [5, 5.41) is 3.95. The second-order valence-electron chi connectivity index (χ2n) is 3.38. The number of likely N-dealkylation sites (N-methyl/N-ethyl adjacent to an activating group) is 1. The quantitative estimate of drug-likeness (QED) is 0.851. The van der Waals surface area contributed by atoms with Crippen LogP contribution in [0.25, 0.3) is 0 Å². The molecule has 1 aromatic rings. The van der Waals surface area contributed by atoms with Crippen LogP contribution in [0.1, 0.15) is 5.56 Å². The molecule has 0 aromatic heterocycles. The van der Waals surface area contributed by atoms with Crippen LogP contribution in [-0.4, -0.2) is 19.7 Å². The van der Waals surface area contributed by atoms with Crippen LogP contribution < -0.4 is 10.1 Å². The molecule has 1 heterocycles. The zero-order valence-corrected chi connectivity index (χ0v) is 10.2. The van der Waals surface area contributed by atoms with Crippen molar-refractivity contribution in [2.45, 2.75) is 12.5 Å². The van der Waals surface area contributed by atoms with Gasteiger partial charge in [0, 0.05) is 11.1 Å². The maximum absolute atomic E-state index is 5.97. The number of nitrogens with one attached hydrogen (secondary N) is 1. The summed E-state index contributed by atoms with van der Waals surface area (Å²) in [7, 11) is 1.94. The maximum atomic E-state index is 5.97. The average Bonchev–Trinajstić information content (AvgIpc) is 2.16. The fourth-order valence-corrected chi connectivity index (χ4v) is 2.61. The van der Waals surface area contributed by atoms with Gasteiger partial charge in [-0.15, -0.1) is 0 Å². The molecule has 0 radical (unpaired) electrons. The number of ether oxygens (including phenoxy) is 1. The Hall–Kier alpha value is -0.250. The van der Waals surface area contributed by atoms with Crippen LogP contribution in [0.15, 0.2) is 16.6 Å². The second-order valence-corrected chi connectivity index (χ2v) is 4.67. The van der Waals surface area contributed by atoms with Gasteiger partial charge in [0.1, 0.15) is 12.4 Å². The Kier molecular flexibility index (Phi) is 3.00. The summed E-state index contributed by atoms with van der Waals surface area (Å²) in [5.41, 5.74) is 1.16. The number of fused-ring (bicyclic) bond motifs is 1. The van der Waals surface area contributed by atoms with Crippen molar-refractivity contribution < 1.29 is 4.74 Å². The van der Waals surface area contributed by atoms with E-state index < -0.39 is 0 Å². The second kappa shape index (κ2) is 4.09. The van der Waals surface area contributed by atoms with Crippen molar-refractivity contribution in [1.82, 2.24) is 5.32 Å². The lowest BCUT2D eigenvalue weighted by atomic mass is 10.0.